The third kappa shape index (κ3) is 8.08. The number of alkyl halides is 3. The third-order valence-electron chi connectivity index (χ3n) is 2.52. The molecule has 0 bridgehead atoms. The van der Waals surface area contributed by atoms with Crippen molar-refractivity contribution >= 4 is 29.5 Å². The van der Waals surface area contributed by atoms with E-state index in [-0.39, 0.29) is 0 Å². The van der Waals surface area contributed by atoms with Crippen molar-refractivity contribution in [2.24, 2.45) is 0 Å². The van der Waals surface area contributed by atoms with Crippen molar-refractivity contribution in [3.63, 3.8) is 0 Å². The molecule has 156 valence electrons. The number of halogens is 4. The molecule has 0 saturated heterocycles. The lowest BCUT2D eigenvalue weighted by molar-refractivity contribution is -0.0329. The Morgan fingerprint density at radius 1 is 1.11 bits per heavy atom. The summed E-state index contributed by atoms with van der Waals surface area (Å²) in [5, 5.41) is 0. The van der Waals surface area contributed by atoms with Gasteiger partial charge in [-0.3, -0.25) is 8.75 Å². The van der Waals surface area contributed by atoms with Gasteiger partial charge < -0.3 is 9.05 Å². The van der Waals surface area contributed by atoms with Crippen molar-refractivity contribution in [1.82, 2.24) is 0 Å². The largest absolute Gasteiger partial charge is 0.446 e. The molecule has 1 rings (SSSR count). The number of hydrogen-bond acceptors (Lipinski definition) is 7. The van der Waals surface area contributed by atoms with Gasteiger partial charge in [0, 0.05) is 4.90 Å². The minimum Gasteiger partial charge on any atom is -0.304 e. The van der Waals surface area contributed by atoms with Crippen LogP contribution in [0.5, 0.6) is 0 Å². The Labute approximate surface area is 159 Å². The molecule has 0 aliphatic carbocycles. The molecule has 0 fully saturated rings. The van der Waals surface area contributed by atoms with Crippen LogP contribution in [0.3, 0.4) is 0 Å². The third-order valence-corrected chi connectivity index (χ3v) is 6.88. The summed E-state index contributed by atoms with van der Waals surface area (Å²) in [5.74, 6) is -1.44. The Bertz CT molecular complexity index is 781. The van der Waals surface area contributed by atoms with Gasteiger partial charge in [-0.1, -0.05) is 6.07 Å². The molecule has 0 spiro atoms. The van der Waals surface area contributed by atoms with Gasteiger partial charge >= 0.3 is 23.2 Å². The lowest BCUT2D eigenvalue weighted by atomic mass is 10.3. The maximum Gasteiger partial charge on any atom is 0.446 e. The summed E-state index contributed by atoms with van der Waals surface area (Å²) in [6.45, 7) is 6.05. The summed E-state index contributed by atoms with van der Waals surface area (Å²) in [4.78, 5) is -2.21. The summed E-state index contributed by atoms with van der Waals surface area (Å²) in [6, 6.07) is 2.38. The van der Waals surface area contributed by atoms with Crippen molar-refractivity contribution in [3.8, 4) is 0 Å². The first-order valence-electron chi connectivity index (χ1n) is 7.55. The molecular weight excluding hydrogens is 435 g/mol. The predicted octanol–water partition coefficient (Wildman–Crippen LogP) is 5.14. The second kappa shape index (κ2) is 9.23. The molecule has 0 aliphatic rings. The maximum atomic E-state index is 14.0. The molecule has 0 aromatic heterocycles. The van der Waals surface area contributed by atoms with Crippen LogP contribution in [0.25, 0.3) is 0 Å². The highest BCUT2D eigenvalue weighted by atomic mass is 32.2. The van der Waals surface area contributed by atoms with Crippen LogP contribution in [0.4, 0.5) is 17.6 Å². The first-order valence-corrected chi connectivity index (χ1v) is 11.5. The zero-order valence-electron chi connectivity index (χ0n) is 14.8. The number of thioether (sulfide) groups is 1. The van der Waals surface area contributed by atoms with Crippen LogP contribution in [-0.4, -0.2) is 32.5 Å². The van der Waals surface area contributed by atoms with Gasteiger partial charge in [0.25, 0.3) is 0 Å². The van der Waals surface area contributed by atoms with Crippen LogP contribution in [0, 0.1) is 5.82 Å². The van der Waals surface area contributed by atoms with Crippen molar-refractivity contribution in [3.05, 3.63) is 24.0 Å². The minimum atomic E-state index is -5.03. The summed E-state index contributed by atoms with van der Waals surface area (Å²) in [6.07, 6.45) is -2.35. The molecule has 0 atom stereocenters. The van der Waals surface area contributed by atoms with Gasteiger partial charge in [-0.15, -0.1) is 0 Å². The standard InChI is InChI=1S/C14H19F4O6PS2/c1-9(2)23-25(19,24-10(3)4)8-22-27(20,21)13-11(15)6-5-7-12(13)26-14(16,17)18/h5-7,9-10H,8H2,1-4H3. The lowest BCUT2D eigenvalue weighted by Gasteiger charge is -2.22. The van der Waals surface area contributed by atoms with Crippen molar-refractivity contribution in [1.29, 1.82) is 0 Å². The van der Waals surface area contributed by atoms with E-state index in [0.717, 1.165) is 12.1 Å². The van der Waals surface area contributed by atoms with E-state index in [1.807, 2.05) is 0 Å². The van der Waals surface area contributed by atoms with Crippen LogP contribution in [0.2, 0.25) is 0 Å². The zero-order chi connectivity index (χ0) is 21.0. The Kier molecular flexibility index (Phi) is 8.34. The van der Waals surface area contributed by atoms with E-state index >= 15 is 0 Å². The first kappa shape index (κ1) is 24.4. The molecular formula is C14H19F4O6PS2. The molecule has 0 radical (unpaired) electrons. The molecule has 0 heterocycles. The van der Waals surface area contributed by atoms with E-state index in [1.165, 1.54) is 27.7 Å². The fourth-order valence-electron chi connectivity index (χ4n) is 1.86. The van der Waals surface area contributed by atoms with Gasteiger partial charge in [0.15, 0.2) is 6.35 Å². The van der Waals surface area contributed by atoms with Crippen molar-refractivity contribution in [2.45, 2.75) is 55.2 Å². The second-order valence-electron chi connectivity index (χ2n) is 5.74. The van der Waals surface area contributed by atoms with Gasteiger partial charge in [0.2, 0.25) is 0 Å². The number of rotatable bonds is 9. The van der Waals surface area contributed by atoms with E-state index in [0.29, 0.717) is 6.07 Å². The van der Waals surface area contributed by atoms with Crippen LogP contribution in [0.15, 0.2) is 28.0 Å². The van der Waals surface area contributed by atoms with E-state index in [1.54, 1.807) is 0 Å². The van der Waals surface area contributed by atoms with Gasteiger partial charge in [-0.05, 0) is 51.6 Å². The monoisotopic (exact) mass is 454 g/mol. The predicted molar refractivity (Wildman–Crippen MR) is 91.5 cm³/mol. The molecule has 27 heavy (non-hydrogen) atoms. The minimum absolute atomic E-state index is 0.620. The van der Waals surface area contributed by atoms with Crippen molar-refractivity contribution in [2.75, 3.05) is 6.35 Å². The Morgan fingerprint density at radius 2 is 1.63 bits per heavy atom. The van der Waals surface area contributed by atoms with E-state index in [2.05, 4.69) is 4.18 Å². The first-order chi connectivity index (χ1) is 12.2. The van der Waals surface area contributed by atoms with Crippen LogP contribution >= 0.6 is 19.4 Å². The lowest BCUT2D eigenvalue weighted by Crippen LogP contribution is -2.16. The fraction of sp³-hybridized carbons (Fsp3) is 0.571. The smallest absolute Gasteiger partial charge is 0.304 e. The molecule has 0 amide bonds. The molecule has 1 aromatic carbocycles. The quantitative estimate of drug-likeness (QED) is 0.221. The van der Waals surface area contributed by atoms with Gasteiger partial charge in [0.1, 0.15) is 10.7 Å². The fourth-order valence-corrected chi connectivity index (χ4v) is 6.14. The highest BCUT2D eigenvalue weighted by molar-refractivity contribution is 8.00. The SMILES string of the molecule is CC(C)OP(=O)(COS(=O)(=O)c1c(F)cccc1SC(F)(F)F)OC(C)C. The molecule has 13 heteroatoms. The molecule has 0 aliphatic heterocycles. The second-order valence-corrected chi connectivity index (χ2v) is 10.3. The summed E-state index contributed by atoms with van der Waals surface area (Å²) in [7, 11) is -9.10. The normalized spacial score (nSPS) is 13.6. The number of benzene rings is 1. The molecule has 0 unspecified atom stereocenters. The molecule has 6 nitrogen and oxygen atoms in total. The average Bonchev–Trinajstić information content (AvgIpc) is 2.41. The molecule has 0 saturated carbocycles. The van der Waals surface area contributed by atoms with Gasteiger partial charge in [0.05, 0.1) is 12.2 Å². The topological polar surface area (TPSA) is 78.9 Å². The van der Waals surface area contributed by atoms with Crippen molar-refractivity contribution < 1.29 is 43.8 Å². The Balaban J connectivity index is 3.19. The Morgan fingerprint density at radius 3 is 2.07 bits per heavy atom. The molecule has 1 aromatic rings. The zero-order valence-corrected chi connectivity index (χ0v) is 17.3. The van der Waals surface area contributed by atoms with E-state index < -0.39 is 69.1 Å². The van der Waals surface area contributed by atoms with Crippen LogP contribution in [0.1, 0.15) is 27.7 Å². The van der Waals surface area contributed by atoms with Crippen LogP contribution < -0.4 is 0 Å². The Hall–Kier alpha value is -0.650. The summed E-state index contributed by atoms with van der Waals surface area (Å²) < 4.78 is 104. The van der Waals surface area contributed by atoms with Gasteiger partial charge in [-0.25, -0.2) is 4.39 Å². The summed E-state index contributed by atoms with van der Waals surface area (Å²) >= 11 is -0.808. The molecule has 0 N–H and O–H groups in total. The van der Waals surface area contributed by atoms with E-state index in [9.17, 15) is 30.5 Å². The van der Waals surface area contributed by atoms with Crippen LogP contribution in [-0.2, 0) is 27.9 Å². The van der Waals surface area contributed by atoms with E-state index in [4.69, 9.17) is 9.05 Å². The highest BCUT2D eigenvalue weighted by Gasteiger charge is 2.37. The average molecular weight is 454 g/mol. The van der Waals surface area contributed by atoms with Gasteiger partial charge in [-0.2, -0.15) is 21.6 Å². The number of hydrogen-bond donors (Lipinski definition) is 0. The highest BCUT2D eigenvalue weighted by Crippen LogP contribution is 2.51. The maximum absolute atomic E-state index is 14.0. The summed E-state index contributed by atoms with van der Waals surface area (Å²) in [5.41, 5.74) is -4.85.